The van der Waals surface area contributed by atoms with E-state index in [1.165, 1.54) is 16.7 Å². The Bertz CT molecular complexity index is 743. The van der Waals surface area contributed by atoms with E-state index in [2.05, 4.69) is 53.8 Å². The highest BCUT2D eigenvalue weighted by Crippen LogP contribution is 2.42. The molecular weight excluding hydrogens is 306 g/mol. The quantitative estimate of drug-likeness (QED) is 0.724. The first-order valence-corrected chi connectivity index (χ1v) is 7.55. The molecule has 0 aliphatic carbocycles. The van der Waals surface area contributed by atoms with Crippen LogP contribution in [0.5, 0.6) is 11.5 Å². The van der Waals surface area contributed by atoms with Gasteiger partial charge in [0.1, 0.15) is 11.5 Å². The topological polar surface area (TPSA) is 21.3 Å². The minimum absolute atomic E-state index is 0. The Morgan fingerprint density at radius 2 is 1.22 bits per heavy atom. The van der Waals surface area contributed by atoms with Gasteiger partial charge in [-0.1, -0.05) is 66.7 Å². The molecule has 4 rings (SSSR count). The van der Waals surface area contributed by atoms with Crippen LogP contribution in [0.1, 0.15) is 22.7 Å². The van der Waals surface area contributed by atoms with E-state index >= 15 is 0 Å². The molecule has 0 fully saturated rings. The highest BCUT2D eigenvalue weighted by molar-refractivity contribution is 5.85. The van der Waals surface area contributed by atoms with E-state index in [-0.39, 0.29) is 18.4 Å². The maximum absolute atomic E-state index is 6.02. The molecule has 23 heavy (non-hydrogen) atoms. The molecule has 1 N–H and O–H groups in total. The summed E-state index contributed by atoms with van der Waals surface area (Å²) in [5.74, 6) is 1.87. The zero-order valence-corrected chi connectivity index (χ0v) is 13.4. The van der Waals surface area contributed by atoms with Gasteiger partial charge in [-0.25, -0.2) is 0 Å². The number of rotatable bonds is 3. The average molecular weight is 324 g/mol. The van der Waals surface area contributed by atoms with Crippen molar-refractivity contribution in [1.29, 1.82) is 0 Å². The van der Waals surface area contributed by atoms with Gasteiger partial charge in [0, 0.05) is 17.7 Å². The molecule has 0 atom stereocenters. The molecule has 0 saturated carbocycles. The summed E-state index contributed by atoms with van der Waals surface area (Å²) in [7, 11) is 0. The van der Waals surface area contributed by atoms with Crippen LogP contribution < -0.4 is 10.1 Å². The number of fused-ring (bicyclic) bond motifs is 2. The zero-order valence-electron chi connectivity index (χ0n) is 12.6. The molecule has 0 aromatic heterocycles. The molecule has 1 aliphatic heterocycles. The first-order chi connectivity index (χ1) is 10.9. The van der Waals surface area contributed by atoms with Crippen molar-refractivity contribution in [2.75, 3.05) is 0 Å². The fourth-order valence-electron chi connectivity index (χ4n) is 2.95. The fourth-order valence-corrected chi connectivity index (χ4v) is 2.95. The van der Waals surface area contributed by atoms with Crippen molar-refractivity contribution in [3.8, 4) is 11.5 Å². The summed E-state index contributed by atoms with van der Waals surface area (Å²) < 4.78 is 6.02. The van der Waals surface area contributed by atoms with Crippen LogP contribution in [0.15, 0.2) is 78.9 Å². The normalized spacial score (nSPS) is 12.5. The minimum Gasteiger partial charge on any atom is -0.457 e. The third-order valence-electron chi connectivity index (χ3n) is 4.03. The SMILES string of the molecule is Cl.c1ccc(CNC2c3ccccc3Oc3ccccc32)cc1. The van der Waals surface area contributed by atoms with E-state index in [9.17, 15) is 0 Å². The molecule has 0 unspecified atom stereocenters. The number of hydrogen-bond acceptors (Lipinski definition) is 2. The lowest BCUT2D eigenvalue weighted by Crippen LogP contribution is -2.25. The third-order valence-corrected chi connectivity index (χ3v) is 4.03. The Hall–Kier alpha value is -2.29. The molecule has 3 heteroatoms. The summed E-state index contributed by atoms with van der Waals surface area (Å²) in [5, 5.41) is 3.67. The first kappa shape index (κ1) is 15.6. The highest BCUT2D eigenvalue weighted by atomic mass is 35.5. The van der Waals surface area contributed by atoms with Gasteiger partial charge in [-0.2, -0.15) is 0 Å². The fraction of sp³-hybridized carbons (Fsp3) is 0.100. The Kier molecular flexibility index (Phi) is 4.65. The molecule has 0 saturated heterocycles. The van der Waals surface area contributed by atoms with Gasteiger partial charge >= 0.3 is 0 Å². The van der Waals surface area contributed by atoms with Gasteiger partial charge in [0.25, 0.3) is 0 Å². The van der Waals surface area contributed by atoms with Crippen LogP contribution in [0.3, 0.4) is 0 Å². The van der Waals surface area contributed by atoms with E-state index < -0.39 is 0 Å². The third kappa shape index (κ3) is 3.09. The van der Waals surface area contributed by atoms with Gasteiger partial charge < -0.3 is 10.1 Å². The van der Waals surface area contributed by atoms with Crippen molar-refractivity contribution in [2.45, 2.75) is 12.6 Å². The van der Waals surface area contributed by atoms with Gasteiger partial charge in [-0.3, -0.25) is 0 Å². The lowest BCUT2D eigenvalue weighted by atomic mass is 9.94. The van der Waals surface area contributed by atoms with Crippen LogP contribution >= 0.6 is 12.4 Å². The van der Waals surface area contributed by atoms with Crippen molar-refractivity contribution in [3.05, 3.63) is 95.6 Å². The lowest BCUT2D eigenvalue weighted by Gasteiger charge is -2.29. The van der Waals surface area contributed by atoms with Crippen LogP contribution in [-0.2, 0) is 6.54 Å². The van der Waals surface area contributed by atoms with Gasteiger partial charge in [0.15, 0.2) is 0 Å². The number of halogens is 1. The molecule has 3 aromatic carbocycles. The Morgan fingerprint density at radius 1 is 0.696 bits per heavy atom. The molecule has 1 heterocycles. The minimum atomic E-state index is 0. The standard InChI is InChI=1S/C20H17NO.ClH/c1-2-8-15(9-3-1)14-21-20-16-10-4-6-12-18(16)22-19-13-7-5-11-17(19)20;/h1-13,20-21H,14H2;1H. The van der Waals surface area contributed by atoms with E-state index in [1.807, 2.05) is 30.3 Å². The molecule has 0 amide bonds. The van der Waals surface area contributed by atoms with Crippen LogP contribution in [0.4, 0.5) is 0 Å². The summed E-state index contributed by atoms with van der Waals surface area (Å²) in [6.07, 6.45) is 0. The monoisotopic (exact) mass is 323 g/mol. The summed E-state index contributed by atoms with van der Waals surface area (Å²) in [5.41, 5.74) is 3.67. The van der Waals surface area contributed by atoms with Crippen LogP contribution in [0, 0.1) is 0 Å². The Balaban J connectivity index is 0.00000156. The molecule has 3 aromatic rings. The number of nitrogens with one attached hydrogen (secondary N) is 1. The summed E-state index contributed by atoms with van der Waals surface area (Å²) in [4.78, 5) is 0. The van der Waals surface area contributed by atoms with Gasteiger partial charge in [0.2, 0.25) is 0 Å². The second-order valence-electron chi connectivity index (χ2n) is 5.48. The van der Waals surface area contributed by atoms with Crippen molar-refractivity contribution in [1.82, 2.24) is 5.32 Å². The number of ether oxygens (including phenoxy) is 1. The zero-order chi connectivity index (χ0) is 14.8. The Labute approximate surface area is 142 Å². The number of hydrogen-bond donors (Lipinski definition) is 1. The highest BCUT2D eigenvalue weighted by Gasteiger charge is 2.26. The first-order valence-electron chi connectivity index (χ1n) is 7.55. The molecule has 0 spiro atoms. The van der Waals surface area contributed by atoms with E-state index in [0.29, 0.717) is 0 Å². The maximum Gasteiger partial charge on any atom is 0.132 e. The van der Waals surface area contributed by atoms with Crippen LogP contribution in [0.25, 0.3) is 0 Å². The number of para-hydroxylation sites is 2. The smallest absolute Gasteiger partial charge is 0.132 e. The largest absolute Gasteiger partial charge is 0.457 e. The second-order valence-corrected chi connectivity index (χ2v) is 5.48. The van der Waals surface area contributed by atoms with Crippen LogP contribution in [-0.4, -0.2) is 0 Å². The average Bonchev–Trinajstić information content (AvgIpc) is 2.59. The molecule has 116 valence electrons. The van der Waals surface area contributed by atoms with Crippen LogP contribution in [0.2, 0.25) is 0 Å². The van der Waals surface area contributed by atoms with Crippen molar-refractivity contribution >= 4 is 12.4 Å². The maximum atomic E-state index is 6.02. The van der Waals surface area contributed by atoms with Crippen molar-refractivity contribution in [2.24, 2.45) is 0 Å². The van der Waals surface area contributed by atoms with Gasteiger partial charge in [-0.15, -0.1) is 12.4 Å². The van der Waals surface area contributed by atoms with E-state index in [4.69, 9.17) is 4.74 Å². The van der Waals surface area contributed by atoms with E-state index in [0.717, 1.165) is 18.0 Å². The van der Waals surface area contributed by atoms with Crippen molar-refractivity contribution in [3.63, 3.8) is 0 Å². The summed E-state index contributed by atoms with van der Waals surface area (Å²) in [6, 6.07) is 27.1. The number of benzene rings is 3. The van der Waals surface area contributed by atoms with Crippen molar-refractivity contribution < 1.29 is 4.74 Å². The Morgan fingerprint density at radius 3 is 1.83 bits per heavy atom. The van der Waals surface area contributed by atoms with E-state index in [1.54, 1.807) is 0 Å². The molecular formula is C20H18ClNO. The predicted octanol–water partition coefficient (Wildman–Crippen LogP) is 5.09. The molecule has 0 bridgehead atoms. The predicted molar refractivity (Wildman–Crippen MR) is 95.3 cm³/mol. The molecule has 2 nitrogen and oxygen atoms in total. The molecule has 0 radical (unpaired) electrons. The van der Waals surface area contributed by atoms with Gasteiger partial charge in [-0.05, 0) is 17.7 Å². The van der Waals surface area contributed by atoms with Gasteiger partial charge in [0.05, 0.1) is 6.04 Å². The second kappa shape index (κ2) is 6.86. The lowest BCUT2D eigenvalue weighted by molar-refractivity contribution is 0.427. The summed E-state index contributed by atoms with van der Waals surface area (Å²) >= 11 is 0. The molecule has 1 aliphatic rings. The summed E-state index contributed by atoms with van der Waals surface area (Å²) in [6.45, 7) is 0.828.